The van der Waals surface area contributed by atoms with Crippen LogP contribution in [0.2, 0.25) is 0 Å². The summed E-state index contributed by atoms with van der Waals surface area (Å²) in [4.78, 5) is 17.4. The molecule has 2 heterocycles. The summed E-state index contributed by atoms with van der Waals surface area (Å²) >= 11 is 0. The van der Waals surface area contributed by atoms with Gasteiger partial charge in [0.05, 0.1) is 38.1 Å². The van der Waals surface area contributed by atoms with Crippen LogP contribution in [0.5, 0.6) is 28.7 Å². The van der Waals surface area contributed by atoms with Crippen LogP contribution < -0.4 is 23.8 Å². The number of Topliss-reactive ketones (excluding diaryl/α,β-unsaturated/α-hetero) is 1. The van der Waals surface area contributed by atoms with E-state index in [2.05, 4.69) is 4.90 Å². The van der Waals surface area contributed by atoms with E-state index in [0.717, 1.165) is 0 Å². The summed E-state index contributed by atoms with van der Waals surface area (Å²) in [5, 5.41) is 10.7. The minimum Gasteiger partial charge on any atom is -0.507 e. The van der Waals surface area contributed by atoms with Crippen LogP contribution in [0.1, 0.15) is 21.5 Å². The van der Waals surface area contributed by atoms with Crippen molar-refractivity contribution in [2.24, 2.45) is 0 Å². The minimum absolute atomic E-state index is 0.0537. The second-order valence-corrected chi connectivity index (χ2v) is 9.04. The average Bonchev–Trinajstić information content (AvgIpc) is 3.25. The first-order chi connectivity index (χ1) is 18.4. The number of piperazine rings is 1. The molecule has 0 amide bonds. The second-order valence-electron chi connectivity index (χ2n) is 9.04. The maximum atomic E-state index is 14.2. The zero-order valence-electron chi connectivity index (χ0n) is 21.5. The highest BCUT2D eigenvalue weighted by Gasteiger charge is 2.32. The van der Waals surface area contributed by atoms with Crippen LogP contribution in [0.4, 0.5) is 10.1 Å². The van der Waals surface area contributed by atoms with E-state index in [-0.39, 0.29) is 23.1 Å². The van der Waals surface area contributed by atoms with Gasteiger partial charge in [-0.05, 0) is 36.4 Å². The van der Waals surface area contributed by atoms with Gasteiger partial charge in [0.15, 0.2) is 17.3 Å². The van der Waals surface area contributed by atoms with E-state index in [9.17, 15) is 14.3 Å². The number of phenols is 1. The molecule has 8 nitrogen and oxygen atoms in total. The molecule has 0 radical (unpaired) electrons. The number of rotatable bonds is 7. The summed E-state index contributed by atoms with van der Waals surface area (Å²) in [7, 11) is 4.58. The maximum Gasteiger partial charge on any atom is 0.231 e. The van der Waals surface area contributed by atoms with Crippen molar-refractivity contribution < 1.29 is 33.2 Å². The number of fused-ring (bicyclic) bond motifs is 1. The summed E-state index contributed by atoms with van der Waals surface area (Å²) in [6, 6.07) is 13.2. The Morgan fingerprint density at radius 1 is 0.947 bits per heavy atom. The highest BCUT2D eigenvalue weighted by Crippen LogP contribution is 2.42. The Labute approximate surface area is 220 Å². The third-order valence-electron chi connectivity index (χ3n) is 6.89. The van der Waals surface area contributed by atoms with Gasteiger partial charge in [0.1, 0.15) is 23.1 Å². The summed E-state index contributed by atoms with van der Waals surface area (Å²) < 4.78 is 36.5. The maximum absolute atomic E-state index is 14.2. The Kier molecular flexibility index (Phi) is 7.11. The molecule has 1 fully saturated rings. The molecule has 0 aliphatic carbocycles. The summed E-state index contributed by atoms with van der Waals surface area (Å²) in [6.07, 6.45) is 1.59. The van der Waals surface area contributed by atoms with Crippen LogP contribution >= 0.6 is 0 Å². The third-order valence-corrected chi connectivity index (χ3v) is 6.89. The number of carbonyl (C=O) groups excluding carboxylic acids is 1. The number of ether oxygens (including phenoxy) is 4. The monoisotopic (exact) mass is 520 g/mol. The number of hydrogen-bond acceptors (Lipinski definition) is 8. The lowest BCUT2D eigenvalue weighted by molar-refractivity contribution is 0.101. The lowest BCUT2D eigenvalue weighted by Crippen LogP contribution is -2.46. The van der Waals surface area contributed by atoms with E-state index in [4.69, 9.17) is 18.9 Å². The molecule has 9 heteroatoms. The van der Waals surface area contributed by atoms with Crippen molar-refractivity contribution in [1.82, 2.24) is 4.90 Å². The third kappa shape index (κ3) is 4.72. The van der Waals surface area contributed by atoms with Gasteiger partial charge in [-0.1, -0.05) is 12.1 Å². The number of ketones is 1. The summed E-state index contributed by atoms with van der Waals surface area (Å²) in [5.41, 5.74) is 2.09. The number of anilines is 1. The predicted molar refractivity (Wildman–Crippen MR) is 141 cm³/mol. The van der Waals surface area contributed by atoms with Gasteiger partial charge >= 0.3 is 0 Å². The van der Waals surface area contributed by atoms with E-state index in [1.807, 2.05) is 11.0 Å². The molecule has 2 aliphatic heterocycles. The van der Waals surface area contributed by atoms with Gasteiger partial charge in [-0.3, -0.25) is 9.69 Å². The van der Waals surface area contributed by atoms with Crippen molar-refractivity contribution >= 4 is 17.5 Å². The van der Waals surface area contributed by atoms with Crippen LogP contribution in [0.25, 0.3) is 6.08 Å². The van der Waals surface area contributed by atoms with Crippen molar-refractivity contribution in [2.45, 2.75) is 6.54 Å². The number of carbonyl (C=O) groups is 1. The number of methoxy groups -OCH3 is 3. The van der Waals surface area contributed by atoms with Gasteiger partial charge < -0.3 is 29.0 Å². The molecule has 3 aromatic rings. The first-order valence-corrected chi connectivity index (χ1v) is 12.2. The van der Waals surface area contributed by atoms with Gasteiger partial charge in [0, 0.05) is 44.4 Å². The average molecular weight is 521 g/mol. The largest absolute Gasteiger partial charge is 0.507 e. The predicted octanol–water partition coefficient (Wildman–Crippen LogP) is 4.50. The van der Waals surface area contributed by atoms with E-state index in [1.165, 1.54) is 33.5 Å². The van der Waals surface area contributed by atoms with Crippen LogP contribution in [-0.4, -0.2) is 63.3 Å². The fourth-order valence-corrected chi connectivity index (χ4v) is 4.84. The van der Waals surface area contributed by atoms with Crippen molar-refractivity contribution in [3.63, 3.8) is 0 Å². The molecule has 5 rings (SSSR count). The minimum atomic E-state index is -0.289. The number of benzene rings is 3. The van der Waals surface area contributed by atoms with Gasteiger partial charge in [-0.2, -0.15) is 0 Å². The number of para-hydroxylation sites is 1. The molecule has 0 saturated carbocycles. The molecular formula is C29H29FN2O6. The zero-order chi connectivity index (χ0) is 26.8. The molecular weight excluding hydrogens is 491 g/mol. The van der Waals surface area contributed by atoms with E-state index < -0.39 is 0 Å². The smallest absolute Gasteiger partial charge is 0.231 e. The highest BCUT2D eigenvalue weighted by molar-refractivity contribution is 6.15. The van der Waals surface area contributed by atoms with Crippen LogP contribution in [-0.2, 0) is 6.54 Å². The first-order valence-electron chi connectivity index (χ1n) is 12.2. The Balaban J connectivity index is 1.37. The SMILES string of the molecule is COc1cc(OC)c(OC)cc1/C=C1\Oc2c(ccc(O)c2CN2CCN(c3ccccc3F)CC2)C1=O. The van der Waals surface area contributed by atoms with Crippen LogP contribution in [0.3, 0.4) is 0 Å². The van der Waals surface area contributed by atoms with Crippen LogP contribution in [0.15, 0.2) is 54.3 Å². The summed E-state index contributed by atoms with van der Waals surface area (Å²) in [5.74, 6) is 1.45. The highest BCUT2D eigenvalue weighted by atomic mass is 19.1. The normalized spacial score (nSPS) is 16.4. The Bertz CT molecular complexity index is 1400. The number of aromatic hydroxyl groups is 1. The number of halogens is 1. The zero-order valence-corrected chi connectivity index (χ0v) is 21.5. The van der Waals surface area contributed by atoms with E-state index in [0.29, 0.717) is 78.1 Å². The molecule has 1 N–H and O–H groups in total. The number of allylic oxidation sites excluding steroid dienone is 1. The molecule has 0 atom stereocenters. The number of phenolic OH excluding ortho intramolecular Hbond substituents is 1. The summed E-state index contributed by atoms with van der Waals surface area (Å²) in [6.45, 7) is 3.00. The number of nitrogens with zero attached hydrogens (tertiary/aromatic N) is 2. The Morgan fingerprint density at radius 2 is 1.63 bits per heavy atom. The topological polar surface area (TPSA) is 80.7 Å². The molecule has 198 valence electrons. The molecule has 0 unspecified atom stereocenters. The standard InChI is InChI=1S/C29H29FN2O6/c1-35-24-16-26(37-3)25(36-2)14-18(24)15-27-28(34)19-8-9-23(33)20(29(19)38-27)17-31-10-12-32(13-11-31)22-7-5-4-6-21(22)30/h4-9,14-16,33H,10-13,17H2,1-3H3/b27-15-. The number of hydrogen-bond donors (Lipinski definition) is 1. The molecule has 0 spiro atoms. The van der Waals surface area contributed by atoms with E-state index >= 15 is 0 Å². The molecule has 2 aliphatic rings. The van der Waals surface area contributed by atoms with Crippen LogP contribution in [0, 0.1) is 5.82 Å². The van der Waals surface area contributed by atoms with Gasteiger partial charge in [0.25, 0.3) is 0 Å². The Hall–Kier alpha value is -4.24. The van der Waals surface area contributed by atoms with Crippen molar-refractivity contribution in [3.8, 4) is 28.7 Å². The fraction of sp³-hybridized carbons (Fsp3) is 0.276. The van der Waals surface area contributed by atoms with Crippen molar-refractivity contribution in [1.29, 1.82) is 0 Å². The molecule has 0 bridgehead atoms. The molecule has 1 saturated heterocycles. The van der Waals surface area contributed by atoms with E-state index in [1.54, 1.807) is 36.4 Å². The van der Waals surface area contributed by atoms with Gasteiger partial charge in [0.2, 0.25) is 5.78 Å². The van der Waals surface area contributed by atoms with Gasteiger partial charge in [-0.15, -0.1) is 0 Å². The lowest BCUT2D eigenvalue weighted by Gasteiger charge is -2.36. The van der Waals surface area contributed by atoms with Crippen molar-refractivity contribution in [3.05, 3.63) is 76.8 Å². The Morgan fingerprint density at radius 3 is 2.32 bits per heavy atom. The first kappa shape index (κ1) is 25.4. The fourth-order valence-electron chi connectivity index (χ4n) is 4.84. The second kappa shape index (κ2) is 10.6. The van der Waals surface area contributed by atoms with Gasteiger partial charge in [-0.25, -0.2) is 4.39 Å². The molecule has 3 aromatic carbocycles. The molecule has 0 aromatic heterocycles. The molecule has 38 heavy (non-hydrogen) atoms. The lowest BCUT2D eigenvalue weighted by atomic mass is 10.0. The quantitative estimate of drug-likeness (QED) is 0.457. The van der Waals surface area contributed by atoms with Crippen molar-refractivity contribution in [2.75, 3.05) is 52.4 Å².